The SMILES string of the molecule is C=CC(=O)OC.CC(C)N(CCC(=O)[O-])CCN(CCC(=O)[O-])CCC(=O)[O-].CC(C)NCCN.CC(C)NCCN(CCC(=O)[O-])CCC(=O)[O-].CCCC(=O)[O-].CCCC(=O)[O-].CCCC(=O)[O-].[Na+].[Na+].[Na+].[Na+].[Na+].[Na+].[Na+].[Na+]. The van der Waals surface area contributed by atoms with Crippen LogP contribution in [0.2, 0.25) is 0 Å². The maximum Gasteiger partial charge on any atom is 1.00 e. The minimum Gasteiger partial charge on any atom is -0.550 e. The van der Waals surface area contributed by atoms with Gasteiger partial charge in [-0.1, -0.05) is 74.3 Å². The van der Waals surface area contributed by atoms with Crippen molar-refractivity contribution < 1.29 is 325 Å². The molecule has 0 aromatic heterocycles. The first-order valence-electron chi connectivity index (χ1n) is 23.2. The van der Waals surface area contributed by atoms with Crippen LogP contribution in [0.4, 0.5) is 0 Å². The molecule has 0 bridgehead atoms. The maximum absolute atomic E-state index is 10.5. The van der Waals surface area contributed by atoms with Gasteiger partial charge in [-0.15, -0.1) is 0 Å². The predicted octanol–water partition coefficient (Wildman–Crippen LogP) is -31.1. The van der Waals surface area contributed by atoms with Gasteiger partial charge in [0.25, 0.3) is 0 Å². The summed E-state index contributed by atoms with van der Waals surface area (Å²) < 4.78 is 4.14. The molecule has 0 atom stereocenters. The summed E-state index contributed by atoms with van der Waals surface area (Å²) >= 11 is 0. The zero-order chi connectivity index (χ0) is 56.0. The molecule has 0 aliphatic carbocycles. The topological polar surface area (TPSA) is 407 Å². The van der Waals surface area contributed by atoms with Gasteiger partial charge in [-0.2, -0.15) is 0 Å². The van der Waals surface area contributed by atoms with Crippen LogP contribution < -0.4 is 294 Å². The fraction of sp³-hybridized carbons (Fsp3) is 0.761. The molecule has 0 spiro atoms. The van der Waals surface area contributed by atoms with Crippen LogP contribution in [0.3, 0.4) is 0 Å². The molecule has 0 fully saturated rings. The van der Waals surface area contributed by atoms with E-state index in [1.165, 1.54) is 7.11 Å². The number of carboxylic acids is 8. The molecule has 78 heavy (non-hydrogen) atoms. The molecule has 0 heterocycles. The Morgan fingerprint density at radius 2 is 0.692 bits per heavy atom. The summed E-state index contributed by atoms with van der Waals surface area (Å²) in [6.45, 7) is 25.8. The van der Waals surface area contributed by atoms with E-state index in [0.29, 0.717) is 77.2 Å². The number of carbonyl (C=O) groups excluding carboxylic acids is 9. The fourth-order valence-corrected chi connectivity index (χ4v) is 4.38. The van der Waals surface area contributed by atoms with E-state index in [9.17, 15) is 84.0 Å². The molecule has 32 heteroatoms. The number of hydrogen-bond acceptors (Lipinski definition) is 24. The third-order valence-corrected chi connectivity index (χ3v) is 7.97. The molecule has 0 rings (SSSR count). The number of methoxy groups -OCH3 is 1. The summed E-state index contributed by atoms with van der Waals surface area (Å²) in [6.07, 6.45) is 3.02. The number of rotatable bonds is 33. The monoisotopic (exact) mass is 1190 g/mol. The smallest absolute Gasteiger partial charge is 0.550 e. The Morgan fingerprint density at radius 1 is 0.436 bits per heavy atom. The Morgan fingerprint density at radius 3 is 0.859 bits per heavy atom. The summed E-state index contributed by atoms with van der Waals surface area (Å²) in [5.74, 6) is -9.05. The third kappa shape index (κ3) is 133. The molecule has 0 aliphatic rings. The van der Waals surface area contributed by atoms with Gasteiger partial charge in [-0.3, -0.25) is 4.90 Å². The number of carbonyl (C=O) groups is 9. The molecule has 0 radical (unpaired) electrons. The Balaban J connectivity index is -0.0000000484. The van der Waals surface area contributed by atoms with Gasteiger partial charge in [-0.05, 0) is 65.2 Å². The van der Waals surface area contributed by atoms with E-state index in [-0.39, 0.29) is 307 Å². The van der Waals surface area contributed by atoms with E-state index in [4.69, 9.17) is 5.73 Å². The Hall–Kier alpha value is 2.73. The van der Waals surface area contributed by atoms with E-state index >= 15 is 0 Å². The summed E-state index contributed by atoms with van der Waals surface area (Å²) in [6, 6.07) is 1.03. The summed E-state index contributed by atoms with van der Waals surface area (Å²) in [7, 11) is 1.31. The fourth-order valence-electron chi connectivity index (χ4n) is 4.38. The van der Waals surface area contributed by atoms with Crippen molar-refractivity contribution in [2.24, 2.45) is 5.73 Å². The predicted molar refractivity (Wildman–Crippen MR) is 245 cm³/mol. The molecule has 0 saturated heterocycles. The summed E-state index contributed by atoms with van der Waals surface area (Å²) in [5, 5.41) is 87.1. The number of hydrogen-bond donors (Lipinski definition) is 3. The minimum atomic E-state index is -1.20. The van der Waals surface area contributed by atoms with E-state index in [0.717, 1.165) is 19.2 Å². The van der Waals surface area contributed by atoms with E-state index in [1.54, 1.807) is 30.6 Å². The largest absolute Gasteiger partial charge is 1.00 e. The second kappa shape index (κ2) is 90.9. The van der Waals surface area contributed by atoms with Crippen molar-refractivity contribution in [1.29, 1.82) is 0 Å². The number of ether oxygens (including phenoxy) is 1. The average Bonchev–Trinajstić information content (AvgIpc) is 3.24. The maximum atomic E-state index is 10.5. The van der Waals surface area contributed by atoms with Gasteiger partial charge >= 0.3 is 242 Å². The molecule has 0 aromatic rings. The zero-order valence-corrected chi connectivity index (χ0v) is 67.3. The molecule has 24 nitrogen and oxygen atoms in total. The standard InChI is InChI=1S/C14H26N2O6.C11H22N2O4.C5H14N2.C4H6O2.3C4H8O2.8Na/c1-11(2)16(8-5-14(21)22)10-9-15(6-3-12(17)18)7-4-13(19)20;1-9(2)12-5-8-13(6-3-10(14)15)7-4-11(16)17;1-5(2)7-4-3-6;1-3-4(5)6-2;3*1-2-3-4(5)6;;;;;;;;/h11H,3-10H2,1-2H3,(H,17,18)(H,19,20)(H,21,22);9,12H,3-8H2,1-2H3,(H,14,15)(H,16,17);5,7H,3-4,6H2,1-2H3;3H,1H2,2H3;3*2-3H2,1H3,(H,5,6);;;;;;;;/q;;;;;;;8*+1/p-8. The van der Waals surface area contributed by atoms with Gasteiger partial charge in [0.1, 0.15) is 0 Å². The van der Waals surface area contributed by atoms with Crippen molar-refractivity contribution in [3.63, 3.8) is 0 Å². The van der Waals surface area contributed by atoms with Gasteiger partial charge < -0.3 is 110 Å². The Kier molecular flexibility index (Phi) is 138. The number of aliphatic carboxylic acids is 8. The second-order valence-electron chi connectivity index (χ2n) is 15.5. The Bertz CT molecular complexity index is 1330. The summed E-state index contributed by atoms with van der Waals surface area (Å²) in [4.78, 5) is 95.9. The van der Waals surface area contributed by atoms with Crippen molar-refractivity contribution in [1.82, 2.24) is 25.3 Å². The average molecular weight is 1190 g/mol. The molecule has 0 saturated carbocycles. The van der Waals surface area contributed by atoms with Crippen molar-refractivity contribution >= 4 is 53.7 Å². The molecule has 0 amide bonds. The molecule has 0 aromatic carbocycles. The number of nitrogens with one attached hydrogen (secondary N) is 2. The molecule has 0 aliphatic heterocycles. The van der Waals surface area contributed by atoms with Crippen LogP contribution in [0.15, 0.2) is 12.7 Å². The van der Waals surface area contributed by atoms with Gasteiger partial charge in [0.05, 0.1) is 7.11 Å². The van der Waals surface area contributed by atoms with Crippen molar-refractivity contribution in [3.05, 3.63) is 12.7 Å². The first-order chi connectivity index (χ1) is 32.5. The number of nitrogens with two attached hydrogens (primary N) is 1. The number of nitrogens with zero attached hydrogens (tertiary/aromatic N) is 3. The number of esters is 1. The van der Waals surface area contributed by atoms with Gasteiger partial charge in [-0.25, -0.2) is 4.79 Å². The van der Waals surface area contributed by atoms with E-state index in [2.05, 4.69) is 35.8 Å². The normalized spacial score (nSPS) is 8.94. The van der Waals surface area contributed by atoms with Crippen molar-refractivity contribution in [2.45, 2.75) is 151 Å². The van der Waals surface area contributed by atoms with Crippen LogP contribution in [-0.4, -0.2) is 166 Å². The Labute approximate surface area is 642 Å². The van der Waals surface area contributed by atoms with Gasteiger partial charge in [0, 0.05) is 144 Å². The van der Waals surface area contributed by atoms with E-state index in [1.807, 2.05) is 32.6 Å². The zero-order valence-electron chi connectivity index (χ0n) is 51.3. The molecule has 0 unspecified atom stereocenters. The first kappa shape index (κ1) is 119. The molecule has 4 N–H and O–H groups in total. The van der Waals surface area contributed by atoms with E-state index < -0.39 is 53.7 Å². The van der Waals surface area contributed by atoms with Crippen LogP contribution in [0.25, 0.3) is 0 Å². The first-order valence-corrected chi connectivity index (χ1v) is 23.2. The van der Waals surface area contributed by atoms with Crippen LogP contribution >= 0.6 is 0 Å². The molecular formula is C46H84N6Na8O18. The second-order valence-corrected chi connectivity index (χ2v) is 15.5. The van der Waals surface area contributed by atoms with Crippen LogP contribution in [0.1, 0.15) is 133 Å². The van der Waals surface area contributed by atoms with Gasteiger partial charge in [0.2, 0.25) is 0 Å². The van der Waals surface area contributed by atoms with Crippen LogP contribution in [0.5, 0.6) is 0 Å². The molecule has 414 valence electrons. The number of carboxylic acid groups (broad SMARTS) is 8. The minimum absolute atomic E-state index is 0. The van der Waals surface area contributed by atoms with Crippen LogP contribution in [-0.2, 0) is 47.9 Å². The third-order valence-electron chi connectivity index (χ3n) is 7.97. The van der Waals surface area contributed by atoms with Crippen LogP contribution in [0, 0.1) is 0 Å². The van der Waals surface area contributed by atoms with Gasteiger partial charge in [0.15, 0.2) is 0 Å². The quantitative estimate of drug-likeness (QED) is 0.0312. The summed E-state index contributed by atoms with van der Waals surface area (Å²) in [5.41, 5.74) is 5.21. The molecular weight excluding hydrogens is 1110 g/mol. The van der Waals surface area contributed by atoms with Crippen molar-refractivity contribution in [3.8, 4) is 0 Å². The van der Waals surface area contributed by atoms with Crippen molar-refractivity contribution in [2.75, 3.05) is 79.1 Å².